The average molecular weight is 420 g/mol. The molecule has 1 aromatic rings. The maximum Gasteiger partial charge on any atom is 0.231 e. The van der Waals surface area contributed by atoms with Crippen molar-refractivity contribution in [2.24, 2.45) is 0 Å². The number of likely N-dealkylation sites (tertiary alicyclic amines) is 1. The minimum Gasteiger partial charge on any atom is -0.493 e. The van der Waals surface area contributed by atoms with E-state index in [1.54, 1.807) is 7.11 Å². The second-order valence-corrected chi connectivity index (χ2v) is 9.03. The lowest BCUT2D eigenvalue weighted by Crippen LogP contribution is -2.58. The highest BCUT2D eigenvalue weighted by atomic mass is 16.7. The van der Waals surface area contributed by atoms with Crippen LogP contribution in [0.15, 0.2) is 12.1 Å². The number of fused-ring (bicyclic) bond motifs is 1. The maximum absolute atomic E-state index is 9.70. The predicted octanol–water partition coefficient (Wildman–Crippen LogP) is 2.17. The molecule has 7 heteroatoms. The second kappa shape index (κ2) is 9.73. The maximum atomic E-state index is 9.70. The first-order valence-corrected chi connectivity index (χ1v) is 11.4. The second-order valence-electron chi connectivity index (χ2n) is 9.03. The first-order chi connectivity index (χ1) is 14.6. The Morgan fingerprint density at radius 3 is 2.63 bits per heavy atom. The van der Waals surface area contributed by atoms with E-state index in [2.05, 4.69) is 40.7 Å². The Kier molecular flexibility index (Phi) is 7.03. The van der Waals surface area contributed by atoms with E-state index < -0.39 is 0 Å². The van der Waals surface area contributed by atoms with Crippen LogP contribution in [0.4, 0.5) is 0 Å². The van der Waals surface area contributed by atoms with Crippen LogP contribution >= 0.6 is 0 Å². The average Bonchev–Trinajstić information content (AvgIpc) is 3.22. The Bertz CT molecular complexity index is 706. The van der Waals surface area contributed by atoms with Crippen LogP contribution in [-0.2, 0) is 6.54 Å². The summed E-state index contributed by atoms with van der Waals surface area (Å²) in [7, 11) is 1.67. The van der Waals surface area contributed by atoms with Crippen LogP contribution in [0, 0.1) is 0 Å². The molecule has 7 nitrogen and oxygen atoms in total. The number of ether oxygens (including phenoxy) is 3. The fourth-order valence-corrected chi connectivity index (χ4v) is 5.23. The summed E-state index contributed by atoms with van der Waals surface area (Å²) in [5.74, 6) is 2.21. The van der Waals surface area contributed by atoms with Crippen molar-refractivity contribution in [1.29, 1.82) is 0 Å². The first-order valence-electron chi connectivity index (χ1n) is 11.4. The summed E-state index contributed by atoms with van der Waals surface area (Å²) < 4.78 is 16.6. The molecule has 1 atom stereocenters. The molecule has 168 valence electrons. The number of piperazine rings is 1. The van der Waals surface area contributed by atoms with Crippen LogP contribution in [0.25, 0.3) is 0 Å². The standard InChI is InChI=1S/C23H37N3O4/c1-17(2)25-7-4-19(5-8-25)26-10-9-24(15-20(26)6-11-27)14-18-12-21(28-3)23-22(13-18)29-16-30-23/h12-13,17,19-20,27H,4-11,14-16H2,1-3H3/t20-/m0/s1. The predicted molar refractivity (Wildman–Crippen MR) is 116 cm³/mol. The number of nitrogens with zero attached hydrogens (tertiary/aromatic N) is 3. The fraction of sp³-hybridized carbons (Fsp3) is 0.739. The zero-order chi connectivity index (χ0) is 21.1. The molecule has 3 heterocycles. The Balaban J connectivity index is 1.39. The number of methoxy groups -OCH3 is 1. The van der Waals surface area contributed by atoms with Gasteiger partial charge in [0.05, 0.1) is 7.11 Å². The molecule has 0 bridgehead atoms. The van der Waals surface area contributed by atoms with Crippen LogP contribution in [-0.4, -0.2) is 91.2 Å². The van der Waals surface area contributed by atoms with Crippen molar-refractivity contribution in [3.05, 3.63) is 17.7 Å². The molecule has 4 rings (SSSR count). The zero-order valence-electron chi connectivity index (χ0n) is 18.7. The molecule has 3 aliphatic rings. The summed E-state index contributed by atoms with van der Waals surface area (Å²) in [6.45, 7) is 11.4. The van der Waals surface area contributed by atoms with Gasteiger partial charge < -0.3 is 24.2 Å². The minimum atomic E-state index is 0.248. The number of aliphatic hydroxyl groups is 1. The summed E-state index contributed by atoms with van der Waals surface area (Å²) >= 11 is 0. The van der Waals surface area contributed by atoms with Gasteiger partial charge >= 0.3 is 0 Å². The van der Waals surface area contributed by atoms with Crippen molar-refractivity contribution in [3.8, 4) is 17.2 Å². The number of aliphatic hydroxyl groups excluding tert-OH is 1. The van der Waals surface area contributed by atoms with Gasteiger partial charge in [-0.1, -0.05) is 0 Å². The topological polar surface area (TPSA) is 57.6 Å². The summed E-state index contributed by atoms with van der Waals surface area (Å²) in [6.07, 6.45) is 3.31. The van der Waals surface area contributed by atoms with E-state index in [0.717, 1.165) is 44.1 Å². The lowest BCUT2D eigenvalue weighted by atomic mass is 9.97. The van der Waals surface area contributed by atoms with Gasteiger partial charge in [-0.05, 0) is 63.9 Å². The molecule has 30 heavy (non-hydrogen) atoms. The Morgan fingerprint density at radius 2 is 1.93 bits per heavy atom. The smallest absolute Gasteiger partial charge is 0.231 e. The van der Waals surface area contributed by atoms with Crippen molar-refractivity contribution in [3.63, 3.8) is 0 Å². The fourth-order valence-electron chi connectivity index (χ4n) is 5.23. The van der Waals surface area contributed by atoms with Crippen LogP contribution < -0.4 is 14.2 Å². The molecule has 0 unspecified atom stereocenters. The molecule has 3 aliphatic heterocycles. The van der Waals surface area contributed by atoms with Gasteiger partial charge in [0, 0.05) is 50.9 Å². The largest absolute Gasteiger partial charge is 0.493 e. The lowest BCUT2D eigenvalue weighted by Gasteiger charge is -2.48. The molecule has 0 aromatic heterocycles. The molecule has 2 fully saturated rings. The third-order valence-electron chi connectivity index (χ3n) is 6.90. The normalized spacial score (nSPS) is 24.0. The van der Waals surface area contributed by atoms with Gasteiger partial charge in [-0.15, -0.1) is 0 Å². The van der Waals surface area contributed by atoms with Crippen molar-refractivity contribution >= 4 is 0 Å². The third-order valence-corrected chi connectivity index (χ3v) is 6.90. The van der Waals surface area contributed by atoms with E-state index in [1.807, 2.05) is 0 Å². The monoisotopic (exact) mass is 419 g/mol. The third kappa shape index (κ3) is 4.69. The Hall–Kier alpha value is -1.54. The van der Waals surface area contributed by atoms with Crippen molar-refractivity contribution < 1.29 is 19.3 Å². The van der Waals surface area contributed by atoms with E-state index in [-0.39, 0.29) is 13.4 Å². The number of hydrogen-bond acceptors (Lipinski definition) is 7. The molecule has 1 aromatic carbocycles. The molecular formula is C23H37N3O4. The number of benzene rings is 1. The molecule has 0 amide bonds. The molecule has 0 spiro atoms. The van der Waals surface area contributed by atoms with E-state index in [9.17, 15) is 5.11 Å². The van der Waals surface area contributed by atoms with Crippen molar-refractivity contribution in [2.45, 2.75) is 57.8 Å². The number of piperidine rings is 1. The van der Waals surface area contributed by atoms with Crippen LogP contribution in [0.1, 0.15) is 38.7 Å². The zero-order valence-corrected chi connectivity index (χ0v) is 18.7. The van der Waals surface area contributed by atoms with E-state index >= 15 is 0 Å². The van der Waals surface area contributed by atoms with Gasteiger partial charge in [0.25, 0.3) is 0 Å². The highest BCUT2D eigenvalue weighted by Crippen LogP contribution is 2.42. The summed E-state index contributed by atoms with van der Waals surface area (Å²) in [5.41, 5.74) is 1.18. The number of rotatable bonds is 7. The Morgan fingerprint density at radius 1 is 1.13 bits per heavy atom. The molecule has 0 aliphatic carbocycles. The van der Waals surface area contributed by atoms with Gasteiger partial charge in [-0.3, -0.25) is 9.80 Å². The quantitative estimate of drug-likeness (QED) is 0.727. The van der Waals surface area contributed by atoms with Gasteiger partial charge in [0.15, 0.2) is 11.5 Å². The van der Waals surface area contributed by atoms with E-state index in [0.29, 0.717) is 23.9 Å². The van der Waals surface area contributed by atoms with Crippen molar-refractivity contribution in [1.82, 2.24) is 14.7 Å². The van der Waals surface area contributed by atoms with Crippen LogP contribution in [0.3, 0.4) is 0 Å². The van der Waals surface area contributed by atoms with Crippen LogP contribution in [0.2, 0.25) is 0 Å². The number of hydrogen-bond donors (Lipinski definition) is 1. The highest BCUT2D eigenvalue weighted by Gasteiger charge is 2.34. The molecule has 0 radical (unpaired) electrons. The highest BCUT2D eigenvalue weighted by molar-refractivity contribution is 5.55. The van der Waals surface area contributed by atoms with Gasteiger partial charge in [0.1, 0.15) is 0 Å². The molecule has 1 N–H and O–H groups in total. The molecular weight excluding hydrogens is 382 g/mol. The van der Waals surface area contributed by atoms with E-state index in [1.165, 1.54) is 31.5 Å². The van der Waals surface area contributed by atoms with Crippen LogP contribution in [0.5, 0.6) is 17.2 Å². The summed E-state index contributed by atoms with van der Waals surface area (Å²) in [6, 6.07) is 5.82. The molecule has 0 saturated carbocycles. The summed E-state index contributed by atoms with van der Waals surface area (Å²) in [4.78, 5) is 7.77. The Labute approximate surface area is 180 Å². The van der Waals surface area contributed by atoms with Crippen molar-refractivity contribution in [2.75, 3.05) is 53.2 Å². The summed E-state index contributed by atoms with van der Waals surface area (Å²) in [5, 5.41) is 9.70. The van der Waals surface area contributed by atoms with Gasteiger partial charge in [-0.25, -0.2) is 0 Å². The van der Waals surface area contributed by atoms with Gasteiger partial charge in [0.2, 0.25) is 12.5 Å². The minimum absolute atomic E-state index is 0.248. The SMILES string of the molecule is COc1cc(CN2CCN(C3CCN(C(C)C)CC3)[C@@H](CCO)C2)cc2c1OCO2. The first kappa shape index (κ1) is 21.7. The molecule has 2 saturated heterocycles. The van der Waals surface area contributed by atoms with Gasteiger partial charge in [-0.2, -0.15) is 0 Å². The van der Waals surface area contributed by atoms with E-state index in [4.69, 9.17) is 14.2 Å². The lowest BCUT2D eigenvalue weighted by molar-refractivity contribution is -0.0000473.